The molecule has 2 heterocycles. The molecule has 0 aromatic carbocycles. The second-order valence-electron chi connectivity index (χ2n) is 7.26. The number of nitrogens with one attached hydrogen (secondary N) is 2. The number of unbranched alkanes of at least 4 members (excludes halogenated alkanes) is 1. The highest BCUT2D eigenvalue weighted by atomic mass is 14.9. The van der Waals surface area contributed by atoms with Gasteiger partial charge in [-0.3, -0.25) is 4.98 Å². The maximum atomic E-state index is 4.39. The molecule has 0 radical (unpaired) electrons. The van der Waals surface area contributed by atoms with Crippen molar-refractivity contribution in [1.29, 1.82) is 0 Å². The largest absolute Gasteiger partial charge is 0.317 e. The number of piperidine rings is 1. The summed E-state index contributed by atoms with van der Waals surface area (Å²) in [5.41, 5.74) is 1.93. The fourth-order valence-electron chi connectivity index (χ4n) is 4.17. The summed E-state index contributed by atoms with van der Waals surface area (Å²) in [5, 5.41) is 7.30. The first-order valence-corrected chi connectivity index (χ1v) is 9.20. The average Bonchev–Trinajstić information content (AvgIpc) is 2.58. The van der Waals surface area contributed by atoms with Crippen LogP contribution >= 0.6 is 0 Å². The first kappa shape index (κ1) is 15.9. The molecular weight excluding hydrogens is 270 g/mol. The van der Waals surface area contributed by atoms with Crippen molar-refractivity contribution in [3.63, 3.8) is 0 Å². The lowest BCUT2D eigenvalue weighted by Crippen LogP contribution is -2.43. The normalized spacial score (nSPS) is 22.0. The van der Waals surface area contributed by atoms with Crippen molar-refractivity contribution in [2.75, 3.05) is 19.6 Å². The van der Waals surface area contributed by atoms with E-state index in [0.717, 1.165) is 12.5 Å². The first-order valence-electron chi connectivity index (χ1n) is 9.20. The zero-order valence-electron chi connectivity index (χ0n) is 13.8. The van der Waals surface area contributed by atoms with Crippen molar-refractivity contribution in [2.24, 2.45) is 5.41 Å². The Balaban J connectivity index is 1.27. The van der Waals surface area contributed by atoms with Gasteiger partial charge in [0.25, 0.3) is 0 Å². The van der Waals surface area contributed by atoms with E-state index >= 15 is 0 Å². The van der Waals surface area contributed by atoms with E-state index < -0.39 is 0 Å². The molecule has 0 bridgehead atoms. The van der Waals surface area contributed by atoms with Crippen molar-refractivity contribution < 1.29 is 0 Å². The third-order valence-electron chi connectivity index (χ3n) is 5.73. The molecule has 3 nitrogen and oxygen atoms in total. The molecule has 2 aliphatic rings. The van der Waals surface area contributed by atoms with Gasteiger partial charge in [-0.15, -0.1) is 0 Å². The minimum absolute atomic E-state index is 0.697. The summed E-state index contributed by atoms with van der Waals surface area (Å²) in [6.07, 6.45) is 14.0. The van der Waals surface area contributed by atoms with Crippen LogP contribution in [0.3, 0.4) is 0 Å². The molecule has 0 unspecified atom stereocenters. The topological polar surface area (TPSA) is 37.0 Å². The lowest BCUT2D eigenvalue weighted by molar-refractivity contribution is 0.115. The van der Waals surface area contributed by atoms with Gasteiger partial charge in [-0.1, -0.05) is 6.07 Å². The van der Waals surface area contributed by atoms with Gasteiger partial charge in [-0.25, -0.2) is 0 Å². The van der Waals surface area contributed by atoms with E-state index in [1.54, 1.807) is 0 Å². The smallest absolute Gasteiger partial charge is 0.0403 e. The van der Waals surface area contributed by atoms with Crippen LogP contribution in [-0.4, -0.2) is 30.7 Å². The Morgan fingerprint density at radius 1 is 1.09 bits per heavy atom. The molecule has 3 rings (SSSR count). The van der Waals surface area contributed by atoms with Crippen molar-refractivity contribution in [3.8, 4) is 0 Å². The summed E-state index contributed by atoms with van der Waals surface area (Å²) in [6, 6.07) is 6.98. The van der Waals surface area contributed by atoms with E-state index in [1.807, 2.05) is 12.3 Å². The van der Waals surface area contributed by atoms with Gasteiger partial charge in [0, 0.05) is 17.9 Å². The van der Waals surface area contributed by atoms with Crippen molar-refractivity contribution in [2.45, 2.75) is 63.8 Å². The highest BCUT2D eigenvalue weighted by molar-refractivity contribution is 5.03. The Labute approximate surface area is 135 Å². The Morgan fingerprint density at radius 2 is 1.91 bits per heavy atom. The quantitative estimate of drug-likeness (QED) is 0.792. The zero-order chi connectivity index (χ0) is 15.1. The van der Waals surface area contributed by atoms with E-state index in [1.165, 1.54) is 76.7 Å². The Hall–Kier alpha value is -0.930. The van der Waals surface area contributed by atoms with Gasteiger partial charge in [0.15, 0.2) is 0 Å². The number of nitrogens with zero attached hydrogens (tertiary/aromatic N) is 1. The van der Waals surface area contributed by atoms with Gasteiger partial charge >= 0.3 is 0 Å². The van der Waals surface area contributed by atoms with E-state index in [4.69, 9.17) is 0 Å². The average molecular weight is 301 g/mol. The van der Waals surface area contributed by atoms with E-state index in [-0.39, 0.29) is 0 Å². The molecule has 0 amide bonds. The van der Waals surface area contributed by atoms with Crippen LogP contribution in [0.4, 0.5) is 0 Å². The van der Waals surface area contributed by atoms with Crippen molar-refractivity contribution >= 4 is 0 Å². The summed E-state index contributed by atoms with van der Waals surface area (Å²) in [5.74, 6) is 0. The third-order valence-corrected chi connectivity index (χ3v) is 5.73. The van der Waals surface area contributed by atoms with E-state index in [0.29, 0.717) is 5.41 Å². The summed E-state index contributed by atoms with van der Waals surface area (Å²) < 4.78 is 0. The van der Waals surface area contributed by atoms with Crippen LogP contribution < -0.4 is 10.6 Å². The predicted octanol–water partition coefficient (Wildman–Crippen LogP) is 3.31. The second-order valence-corrected chi connectivity index (χ2v) is 7.26. The Kier molecular flexibility index (Phi) is 5.85. The summed E-state index contributed by atoms with van der Waals surface area (Å²) in [4.78, 5) is 4.39. The summed E-state index contributed by atoms with van der Waals surface area (Å²) >= 11 is 0. The zero-order valence-corrected chi connectivity index (χ0v) is 13.8. The molecule has 1 aromatic rings. The Bertz CT molecular complexity index is 416. The maximum Gasteiger partial charge on any atom is 0.0403 e. The fourth-order valence-corrected chi connectivity index (χ4v) is 4.17. The standard InChI is InChI=1S/C19H31N3/c1-3-13-21-17(5-1)6-2-4-14-22-18-7-9-19(10-8-18)11-15-20-16-12-19/h1,3,5,13,18,20,22H,2,4,6-12,14-16H2. The van der Waals surface area contributed by atoms with Crippen LogP contribution in [-0.2, 0) is 6.42 Å². The second kappa shape index (κ2) is 8.07. The van der Waals surface area contributed by atoms with Gasteiger partial charge in [-0.2, -0.15) is 0 Å². The molecule has 3 heteroatoms. The molecule has 2 fully saturated rings. The molecule has 22 heavy (non-hydrogen) atoms. The molecule has 2 N–H and O–H groups in total. The highest BCUT2D eigenvalue weighted by Gasteiger charge is 2.35. The lowest BCUT2D eigenvalue weighted by Gasteiger charge is -2.43. The molecule has 0 atom stereocenters. The van der Waals surface area contributed by atoms with Crippen LogP contribution in [0.25, 0.3) is 0 Å². The SMILES string of the molecule is c1ccc(CCCCNC2CCC3(CCNCC3)CC2)nc1. The molecule has 1 saturated heterocycles. The highest BCUT2D eigenvalue weighted by Crippen LogP contribution is 2.43. The maximum absolute atomic E-state index is 4.39. The van der Waals surface area contributed by atoms with Crippen LogP contribution in [0.2, 0.25) is 0 Å². The van der Waals surface area contributed by atoms with Crippen LogP contribution in [0.5, 0.6) is 0 Å². The van der Waals surface area contributed by atoms with Gasteiger partial charge in [0.1, 0.15) is 0 Å². The number of aromatic nitrogens is 1. The minimum atomic E-state index is 0.697. The van der Waals surface area contributed by atoms with Crippen LogP contribution in [0.1, 0.15) is 57.1 Å². The molecule has 1 aromatic heterocycles. The molecular formula is C19H31N3. The van der Waals surface area contributed by atoms with Crippen LogP contribution in [0, 0.1) is 5.41 Å². The van der Waals surface area contributed by atoms with Gasteiger partial charge in [0.2, 0.25) is 0 Å². The molecule has 122 valence electrons. The number of pyridine rings is 1. The molecule has 1 aliphatic carbocycles. The van der Waals surface area contributed by atoms with Gasteiger partial charge in [0.05, 0.1) is 0 Å². The van der Waals surface area contributed by atoms with E-state index in [9.17, 15) is 0 Å². The lowest BCUT2D eigenvalue weighted by atomic mass is 9.67. The van der Waals surface area contributed by atoms with E-state index in [2.05, 4.69) is 27.8 Å². The number of hydrogen-bond acceptors (Lipinski definition) is 3. The predicted molar refractivity (Wildman–Crippen MR) is 92.0 cm³/mol. The molecule has 1 spiro atoms. The summed E-state index contributed by atoms with van der Waals surface area (Å²) in [6.45, 7) is 3.66. The monoisotopic (exact) mass is 301 g/mol. The van der Waals surface area contributed by atoms with Crippen molar-refractivity contribution in [1.82, 2.24) is 15.6 Å². The van der Waals surface area contributed by atoms with Gasteiger partial charge < -0.3 is 10.6 Å². The van der Waals surface area contributed by atoms with Gasteiger partial charge in [-0.05, 0) is 95.0 Å². The Morgan fingerprint density at radius 3 is 2.64 bits per heavy atom. The third kappa shape index (κ3) is 4.53. The number of rotatable bonds is 6. The molecule has 1 saturated carbocycles. The molecule has 1 aliphatic heterocycles. The first-order chi connectivity index (χ1) is 10.9. The van der Waals surface area contributed by atoms with Crippen molar-refractivity contribution in [3.05, 3.63) is 30.1 Å². The fraction of sp³-hybridized carbons (Fsp3) is 0.737. The summed E-state index contributed by atoms with van der Waals surface area (Å²) in [7, 11) is 0. The number of hydrogen-bond donors (Lipinski definition) is 2. The minimum Gasteiger partial charge on any atom is -0.317 e. The number of aryl methyl sites for hydroxylation is 1. The van der Waals surface area contributed by atoms with Crippen LogP contribution in [0.15, 0.2) is 24.4 Å².